The van der Waals surface area contributed by atoms with Gasteiger partial charge >= 0.3 is 12.1 Å². The monoisotopic (exact) mass is 849 g/mol. The van der Waals surface area contributed by atoms with Crippen LogP contribution in [0.5, 0.6) is 0 Å². The molecule has 0 aliphatic heterocycles. The van der Waals surface area contributed by atoms with Gasteiger partial charge in [-0.2, -0.15) is 0 Å². The number of ether oxygens (including phenoxy) is 1. The smallest absolute Gasteiger partial charge is 0.407 e. The topological polar surface area (TPSA) is 204 Å². The predicted octanol–water partition coefficient (Wildman–Crippen LogP) is 7.70. The summed E-state index contributed by atoms with van der Waals surface area (Å²) in [5, 5.41) is 14.7. The molecule has 0 radical (unpaired) electrons. The summed E-state index contributed by atoms with van der Waals surface area (Å²) in [5.41, 5.74) is 2.69. The molecule has 6 heterocycles. The summed E-state index contributed by atoms with van der Waals surface area (Å²) in [6.45, 7) is 0. The van der Waals surface area contributed by atoms with Crippen LogP contribution >= 0.6 is 23.2 Å². The number of rotatable bonds is 8. The Labute approximate surface area is 347 Å². The lowest BCUT2D eigenvalue weighted by Crippen LogP contribution is -2.45. The van der Waals surface area contributed by atoms with Crippen LogP contribution in [0.2, 0.25) is 10.0 Å². The summed E-state index contributed by atoms with van der Waals surface area (Å²) in [5.74, 6) is -0.0364. The highest BCUT2D eigenvalue weighted by Gasteiger charge is 2.27. The van der Waals surface area contributed by atoms with Gasteiger partial charge in [0, 0.05) is 84.9 Å². The van der Waals surface area contributed by atoms with Crippen molar-refractivity contribution in [3.05, 3.63) is 71.0 Å². The maximum atomic E-state index is 14.5. The van der Waals surface area contributed by atoms with Gasteiger partial charge in [-0.15, -0.1) is 0 Å². The van der Waals surface area contributed by atoms with E-state index < -0.39 is 17.7 Å². The minimum Gasteiger partial charge on any atom is -0.453 e. The van der Waals surface area contributed by atoms with Crippen molar-refractivity contribution in [2.24, 2.45) is 0 Å². The van der Waals surface area contributed by atoms with Crippen LogP contribution in [0.25, 0.3) is 44.8 Å². The fourth-order valence-electron chi connectivity index (χ4n) is 7.34. The van der Waals surface area contributed by atoms with E-state index in [1.54, 1.807) is 51.0 Å². The van der Waals surface area contributed by atoms with Gasteiger partial charge < -0.3 is 40.9 Å². The van der Waals surface area contributed by atoms with Crippen LogP contribution < -0.4 is 21.3 Å². The second kappa shape index (κ2) is 18.4. The molecule has 0 spiro atoms. The molecule has 2 aliphatic carbocycles. The van der Waals surface area contributed by atoms with E-state index in [1.807, 2.05) is 0 Å². The van der Waals surface area contributed by atoms with E-state index in [2.05, 4.69) is 65.9 Å². The zero-order valence-electron chi connectivity index (χ0n) is 32.5. The first-order valence-electron chi connectivity index (χ1n) is 19.1. The van der Waals surface area contributed by atoms with Crippen molar-refractivity contribution in [2.45, 2.75) is 75.5 Å². The number of amides is 3. The minimum atomic E-state index is -0.534. The highest BCUT2D eigenvalue weighted by molar-refractivity contribution is 6.31. The van der Waals surface area contributed by atoms with Crippen molar-refractivity contribution in [3.8, 4) is 22.8 Å². The van der Waals surface area contributed by atoms with Crippen molar-refractivity contribution in [3.63, 3.8) is 0 Å². The van der Waals surface area contributed by atoms with Crippen molar-refractivity contribution in [1.29, 1.82) is 0 Å². The molecule has 310 valence electrons. The van der Waals surface area contributed by atoms with Gasteiger partial charge in [0.05, 0.1) is 29.5 Å². The molecule has 2 aliphatic rings. The van der Waals surface area contributed by atoms with Gasteiger partial charge in [0.25, 0.3) is 0 Å². The van der Waals surface area contributed by atoms with Crippen LogP contribution in [0.4, 0.5) is 30.0 Å². The average Bonchev–Trinajstić information content (AvgIpc) is 3.84. The highest BCUT2D eigenvalue weighted by atomic mass is 35.5. The number of anilines is 2. The van der Waals surface area contributed by atoms with Crippen LogP contribution in [0, 0.1) is 11.6 Å². The molecule has 59 heavy (non-hydrogen) atoms. The minimum absolute atomic E-state index is 0.00235. The SMILES string of the molecule is CN(C)C(=O)N[C@H]1CCC[C@@H](Nc2nc(-c3c[nH]c4ncc(Cl)cc34)ncc2F)C1.COC(=O)N[C@H]1CCC[C@@H](Nc2nc(-c3c[nH]c4ncc(Cl)cc34)ncc2F)C1. The van der Waals surface area contributed by atoms with Crippen molar-refractivity contribution < 1.29 is 23.1 Å². The van der Waals surface area contributed by atoms with Crippen LogP contribution in [0.3, 0.4) is 0 Å². The van der Waals surface area contributed by atoms with Gasteiger partial charge in [0.2, 0.25) is 0 Å². The molecule has 0 unspecified atom stereocenters. The van der Waals surface area contributed by atoms with Gasteiger partial charge in [0.15, 0.2) is 34.9 Å². The number of carbonyl (C=O) groups is 2. The Morgan fingerprint density at radius 1 is 0.712 bits per heavy atom. The molecule has 6 aromatic rings. The first-order chi connectivity index (χ1) is 28.4. The molecule has 2 fully saturated rings. The third-order valence-electron chi connectivity index (χ3n) is 10.2. The molecule has 0 aromatic carbocycles. The number of fused-ring (bicyclic) bond motifs is 2. The quantitative estimate of drug-likeness (QED) is 0.0876. The molecule has 6 N–H and O–H groups in total. The molecular weight excluding hydrogens is 807 g/mol. The number of hydrogen-bond acceptors (Lipinski definition) is 11. The largest absolute Gasteiger partial charge is 0.453 e. The molecule has 3 amide bonds. The van der Waals surface area contributed by atoms with E-state index in [9.17, 15) is 18.4 Å². The Balaban J connectivity index is 0.000000179. The molecule has 6 aromatic heterocycles. The molecule has 0 saturated heterocycles. The Morgan fingerprint density at radius 3 is 1.63 bits per heavy atom. The number of hydrogen-bond donors (Lipinski definition) is 6. The van der Waals surface area contributed by atoms with E-state index in [0.29, 0.717) is 57.0 Å². The summed E-state index contributed by atoms with van der Waals surface area (Å²) in [4.78, 5) is 56.5. The van der Waals surface area contributed by atoms with E-state index in [-0.39, 0.29) is 41.8 Å². The zero-order valence-corrected chi connectivity index (χ0v) is 34.0. The summed E-state index contributed by atoms with van der Waals surface area (Å²) < 4.78 is 33.5. The Kier molecular flexibility index (Phi) is 12.9. The van der Waals surface area contributed by atoms with Crippen LogP contribution in [-0.2, 0) is 4.74 Å². The molecule has 2 saturated carbocycles. The third kappa shape index (κ3) is 10.1. The average molecular weight is 851 g/mol. The molecular formula is C39H43Cl2F2N13O3. The lowest BCUT2D eigenvalue weighted by atomic mass is 9.91. The normalized spacial score (nSPS) is 19.0. The molecule has 4 atom stereocenters. The summed E-state index contributed by atoms with van der Waals surface area (Å²) >= 11 is 12.1. The number of urea groups is 1. The number of H-pyrrole nitrogens is 2. The first-order valence-corrected chi connectivity index (χ1v) is 19.9. The van der Waals surface area contributed by atoms with Gasteiger partial charge in [-0.3, -0.25) is 0 Å². The molecule has 20 heteroatoms. The van der Waals surface area contributed by atoms with Gasteiger partial charge in [-0.05, 0) is 63.5 Å². The van der Waals surface area contributed by atoms with Crippen LogP contribution in [-0.4, -0.2) is 102 Å². The standard InChI is InChI=1S/C20H23ClFN7O.C19H20ClFN6O2/c1-29(2)20(30)27-13-5-3-4-12(7-13)26-19-16(22)10-25-18(28-19)15-9-24-17-14(15)6-11(21)8-23-17;1-29-19(28)26-12-4-2-3-11(6-12)25-18-15(21)9-24-17(27-18)14-8-23-16-13(14)5-10(20)7-22-16/h6,8-10,12-13H,3-5,7H2,1-2H3,(H,23,24)(H,27,30)(H,25,26,28);5,7-9,11-12H,2-4,6H2,1H3,(H,22,23)(H,26,28)(H,24,25,27)/t12-,13+;11-,12+/m11/s1. The maximum absolute atomic E-state index is 14.5. The first kappa shape index (κ1) is 41.3. The lowest BCUT2D eigenvalue weighted by Gasteiger charge is -2.31. The fourth-order valence-corrected chi connectivity index (χ4v) is 7.66. The van der Waals surface area contributed by atoms with Crippen molar-refractivity contribution in [1.82, 2.24) is 55.4 Å². The molecule has 8 rings (SSSR count). The Bertz CT molecular complexity index is 2450. The zero-order chi connectivity index (χ0) is 41.6. The van der Waals surface area contributed by atoms with E-state index >= 15 is 0 Å². The number of nitrogens with zero attached hydrogens (tertiary/aromatic N) is 7. The number of aromatic nitrogens is 8. The number of nitrogens with one attached hydrogen (secondary N) is 6. The van der Waals surface area contributed by atoms with Gasteiger partial charge in [-0.25, -0.2) is 48.3 Å². The maximum Gasteiger partial charge on any atom is 0.407 e. The number of methoxy groups -OCH3 is 1. The number of aromatic amines is 2. The van der Waals surface area contributed by atoms with Gasteiger partial charge in [0.1, 0.15) is 11.3 Å². The van der Waals surface area contributed by atoms with Crippen LogP contribution in [0.15, 0.2) is 49.3 Å². The second-order valence-electron chi connectivity index (χ2n) is 14.7. The third-order valence-corrected chi connectivity index (χ3v) is 10.7. The number of pyridine rings is 2. The lowest BCUT2D eigenvalue weighted by molar-refractivity contribution is 0.162. The van der Waals surface area contributed by atoms with Crippen molar-refractivity contribution >= 4 is 69.0 Å². The van der Waals surface area contributed by atoms with Crippen LogP contribution in [0.1, 0.15) is 51.4 Å². The molecule has 0 bridgehead atoms. The number of halogens is 4. The summed E-state index contributed by atoms with van der Waals surface area (Å²) in [6.07, 6.45) is 15.1. The molecule has 16 nitrogen and oxygen atoms in total. The number of carbonyl (C=O) groups excluding carboxylic acids is 2. The second-order valence-corrected chi connectivity index (χ2v) is 15.5. The van der Waals surface area contributed by atoms with E-state index in [1.165, 1.54) is 12.0 Å². The summed E-state index contributed by atoms with van der Waals surface area (Å²) in [6, 6.07) is 3.40. The Morgan fingerprint density at radius 2 is 1.17 bits per heavy atom. The highest BCUT2D eigenvalue weighted by Crippen LogP contribution is 2.31. The predicted molar refractivity (Wildman–Crippen MR) is 221 cm³/mol. The van der Waals surface area contributed by atoms with E-state index in [0.717, 1.165) is 61.7 Å². The number of alkyl carbamates (subject to hydrolysis) is 1. The van der Waals surface area contributed by atoms with E-state index in [4.69, 9.17) is 23.2 Å². The van der Waals surface area contributed by atoms with Crippen molar-refractivity contribution in [2.75, 3.05) is 31.8 Å². The Hall–Kier alpha value is -5.88. The van der Waals surface area contributed by atoms with Gasteiger partial charge in [-0.1, -0.05) is 23.2 Å². The summed E-state index contributed by atoms with van der Waals surface area (Å²) in [7, 11) is 4.75. The fraction of sp³-hybridized carbons (Fsp3) is 0.385.